The first kappa shape index (κ1) is 23.7. The van der Waals surface area contributed by atoms with E-state index >= 15 is 0 Å². The number of rotatable bonds is 5. The summed E-state index contributed by atoms with van der Waals surface area (Å²) in [5, 5.41) is 11.4. The van der Waals surface area contributed by atoms with Gasteiger partial charge in [-0.25, -0.2) is 0 Å². The van der Waals surface area contributed by atoms with Crippen LogP contribution in [0.25, 0.3) is 16.6 Å². The van der Waals surface area contributed by atoms with Crippen LogP contribution in [0.3, 0.4) is 0 Å². The van der Waals surface area contributed by atoms with Crippen LogP contribution >= 0.6 is 23.4 Å². The Kier molecular flexibility index (Phi) is 6.28. The maximum atomic E-state index is 13.5. The van der Waals surface area contributed by atoms with Gasteiger partial charge in [-0.1, -0.05) is 23.4 Å². The smallest absolute Gasteiger partial charge is 0.416 e. The van der Waals surface area contributed by atoms with Crippen molar-refractivity contribution >= 4 is 40.0 Å². The van der Waals surface area contributed by atoms with Gasteiger partial charge in [-0.2, -0.15) is 13.2 Å². The lowest BCUT2D eigenvalue weighted by molar-refractivity contribution is -0.384. The number of non-ortho nitro benzene ring substituents is 1. The van der Waals surface area contributed by atoms with Crippen molar-refractivity contribution in [1.29, 1.82) is 0 Å². The van der Waals surface area contributed by atoms with Gasteiger partial charge >= 0.3 is 6.18 Å². The number of halogens is 4. The van der Waals surface area contributed by atoms with E-state index in [4.69, 9.17) is 16.3 Å². The number of aromatic nitrogens is 1. The molecule has 0 saturated carbocycles. The lowest BCUT2D eigenvalue weighted by atomic mass is 10.1. The summed E-state index contributed by atoms with van der Waals surface area (Å²) in [6.07, 6.45) is -4.57. The molecule has 1 heterocycles. The molecule has 3 aromatic carbocycles. The van der Waals surface area contributed by atoms with Crippen LogP contribution in [0.15, 0.2) is 81.3 Å². The Labute approximate surface area is 199 Å². The van der Waals surface area contributed by atoms with Crippen LogP contribution in [0.2, 0.25) is 5.02 Å². The first-order valence-electron chi connectivity index (χ1n) is 9.62. The topological polar surface area (TPSA) is 74.4 Å². The molecule has 11 heteroatoms. The Morgan fingerprint density at radius 3 is 2.35 bits per heavy atom. The molecule has 0 aliphatic rings. The number of nitrogens with zero attached hydrogens (tertiary/aromatic N) is 2. The minimum atomic E-state index is -4.57. The van der Waals surface area contributed by atoms with Crippen molar-refractivity contribution in [2.24, 2.45) is 0 Å². The molecule has 4 rings (SSSR count). The quantitative estimate of drug-likeness (QED) is 0.221. The van der Waals surface area contributed by atoms with E-state index < -0.39 is 22.2 Å². The number of pyridine rings is 1. The SMILES string of the molecule is COc1ccc(Cl)cc1-n1c(=O)c(Sc2ccc([N+](=O)[O-])cc2)cc2cc(C(F)(F)F)ccc21. The highest BCUT2D eigenvalue weighted by Crippen LogP contribution is 2.35. The Bertz CT molecular complexity index is 1470. The Morgan fingerprint density at radius 1 is 1.03 bits per heavy atom. The molecule has 4 aromatic rings. The van der Waals surface area contributed by atoms with Crippen molar-refractivity contribution in [3.05, 3.63) is 97.8 Å². The number of hydrogen-bond acceptors (Lipinski definition) is 5. The van der Waals surface area contributed by atoms with Crippen LogP contribution in [0.1, 0.15) is 5.56 Å². The lowest BCUT2D eigenvalue weighted by Crippen LogP contribution is -2.21. The molecule has 0 spiro atoms. The molecule has 0 atom stereocenters. The summed E-state index contributed by atoms with van der Waals surface area (Å²) >= 11 is 7.12. The number of benzene rings is 3. The van der Waals surface area contributed by atoms with Gasteiger partial charge in [0.2, 0.25) is 0 Å². The summed E-state index contributed by atoms with van der Waals surface area (Å²) in [6.45, 7) is 0. The van der Waals surface area contributed by atoms with E-state index in [0.717, 1.165) is 23.9 Å². The predicted molar refractivity (Wildman–Crippen MR) is 123 cm³/mol. The average Bonchev–Trinajstić information content (AvgIpc) is 2.79. The predicted octanol–water partition coefficient (Wildman–Crippen LogP) is 6.73. The standard InChI is InChI=1S/C23H14ClF3N2O4S/c1-33-20-9-3-15(24)12-19(20)28-18-8-2-14(23(25,26)27)10-13(18)11-21(22(28)30)34-17-6-4-16(5-7-17)29(31)32/h2-12H,1H3. The molecular weight excluding hydrogens is 493 g/mol. The van der Waals surface area contributed by atoms with Gasteiger partial charge in [0.1, 0.15) is 5.75 Å². The zero-order valence-corrected chi connectivity index (χ0v) is 18.9. The summed E-state index contributed by atoms with van der Waals surface area (Å²) in [6, 6.07) is 14.5. The van der Waals surface area contributed by atoms with Crippen molar-refractivity contribution < 1.29 is 22.8 Å². The Morgan fingerprint density at radius 2 is 1.74 bits per heavy atom. The first-order chi connectivity index (χ1) is 16.1. The summed E-state index contributed by atoms with van der Waals surface area (Å²) in [7, 11) is 1.40. The van der Waals surface area contributed by atoms with Crippen molar-refractivity contribution in [3.8, 4) is 11.4 Å². The summed E-state index contributed by atoms with van der Waals surface area (Å²) in [4.78, 5) is 24.5. The molecule has 1 aromatic heterocycles. The molecule has 0 fully saturated rings. The van der Waals surface area contributed by atoms with E-state index in [2.05, 4.69) is 0 Å². The zero-order valence-electron chi connectivity index (χ0n) is 17.3. The first-order valence-corrected chi connectivity index (χ1v) is 10.8. The second kappa shape index (κ2) is 9.03. The molecule has 0 radical (unpaired) electrons. The monoisotopic (exact) mass is 506 g/mol. The van der Waals surface area contributed by atoms with Gasteiger partial charge in [0.05, 0.1) is 33.7 Å². The number of hydrogen-bond donors (Lipinski definition) is 0. The highest BCUT2D eigenvalue weighted by atomic mass is 35.5. The third kappa shape index (κ3) is 4.59. The van der Waals surface area contributed by atoms with E-state index in [-0.39, 0.29) is 27.2 Å². The van der Waals surface area contributed by atoms with Gasteiger partial charge < -0.3 is 4.74 Å². The van der Waals surface area contributed by atoms with Crippen molar-refractivity contribution in [3.63, 3.8) is 0 Å². The van der Waals surface area contributed by atoms with E-state index in [1.807, 2.05) is 0 Å². The number of ether oxygens (including phenoxy) is 1. The fourth-order valence-electron chi connectivity index (χ4n) is 3.39. The van der Waals surface area contributed by atoms with E-state index in [0.29, 0.717) is 15.7 Å². The van der Waals surface area contributed by atoms with Gasteiger partial charge in [-0.05, 0) is 54.6 Å². The van der Waals surface area contributed by atoms with Gasteiger partial charge in [0, 0.05) is 27.4 Å². The second-order valence-electron chi connectivity index (χ2n) is 7.09. The van der Waals surface area contributed by atoms with Gasteiger partial charge in [0.25, 0.3) is 11.2 Å². The largest absolute Gasteiger partial charge is 0.495 e. The van der Waals surface area contributed by atoms with Gasteiger partial charge in [0.15, 0.2) is 0 Å². The maximum absolute atomic E-state index is 13.5. The molecular formula is C23H14ClF3N2O4S. The van der Waals surface area contributed by atoms with Crippen LogP contribution in [-0.2, 0) is 6.18 Å². The third-order valence-electron chi connectivity index (χ3n) is 4.95. The molecule has 0 amide bonds. The molecule has 0 N–H and O–H groups in total. The van der Waals surface area contributed by atoms with Crippen molar-refractivity contribution in [2.75, 3.05) is 7.11 Å². The number of methoxy groups -OCH3 is 1. The molecule has 0 aliphatic carbocycles. The Balaban J connectivity index is 1.97. The molecule has 0 saturated heterocycles. The fourth-order valence-corrected chi connectivity index (χ4v) is 4.44. The Hall–Kier alpha value is -3.50. The minimum Gasteiger partial charge on any atom is -0.495 e. The molecule has 34 heavy (non-hydrogen) atoms. The second-order valence-corrected chi connectivity index (χ2v) is 8.64. The summed E-state index contributed by atoms with van der Waals surface area (Å²) < 4.78 is 46.7. The summed E-state index contributed by atoms with van der Waals surface area (Å²) in [5.41, 5.74) is -1.02. The molecule has 6 nitrogen and oxygen atoms in total. The van der Waals surface area contributed by atoms with Gasteiger partial charge in [-0.15, -0.1) is 0 Å². The van der Waals surface area contributed by atoms with E-state index in [1.54, 1.807) is 12.1 Å². The average molecular weight is 507 g/mol. The minimum absolute atomic E-state index is 0.114. The number of alkyl halides is 3. The van der Waals surface area contributed by atoms with E-state index in [1.165, 1.54) is 54.1 Å². The van der Waals surface area contributed by atoms with Crippen LogP contribution in [0, 0.1) is 10.1 Å². The van der Waals surface area contributed by atoms with E-state index in [9.17, 15) is 28.1 Å². The van der Waals surface area contributed by atoms with Crippen LogP contribution in [-0.4, -0.2) is 16.6 Å². The zero-order chi connectivity index (χ0) is 24.6. The van der Waals surface area contributed by atoms with Crippen LogP contribution in [0.5, 0.6) is 5.75 Å². The molecule has 174 valence electrons. The molecule has 0 aliphatic heterocycles. The highest BCUT2D eigenvalue weighted by molar-refractivity contribution is 7.99. The van der Waals surface area contributed by atoms with Crippen LogP contribution < -0.4 is 10.3 Å². The number of fused-ring (bicyclic) bond motifs is 1. The number of nitro groups is 1. The molecule has 0 unspecified atom stereocenters. The molecule has 0 bridgehead atoms. The van der Waals surface area contributed by atoms with Gasteiger partial charge in [-0.3, -0.25) is 19.5 Å². The lowest BCUT2D eigenvalue weighted by Gasteiger charge is -2.17. The van der Waals surface area contributed by atoms with Crippen molar-refractivity contribution in [2.45, 2.75) is 16.0 Å². The van der Waals surface area contributed by atoms with Crippen molar-refractivity contribution in [1.82, 2.24) is 4.57 Å². The number of nitro benzene ring substituents is 1. The normalized spacial score (nSPS) is 11.6. The highest BCUT2D eigenvalue weighted by Gasteiger charge is 2.31. The summed E-state index contributed by atoms with van der Waals surface area (Å²) in [5.74, 6) is 0.296. The fraction of sp³-hybridized carbons (Fsp3) is 0.0870. The third-order valence-corrected chi connectivity index (χ3v) is 6.21. The maximum Gasteiger partial charge on any atom is 0.416 e. The van der Waals surface area contributed by atoms with Crippen LogP contribution in [0.4, 0.5) is 18.9 Å².